The summed E-state index contributed by atoms with van der Waals surface area (Å²) in [4.78, 5) is 19.9. The highest BCUT2D eigenvalue weighted by Gasteiger charge is 2.19. The van der Waals surface area contributed by atoms with Gasteiger partial charge in [0.25, 0.3) is 0 Å². The van der Waals surface area contributed by atoms with Gasteiger partial charge in [-0.25, -0.2) is 28.7 Å². The Hall–Kier alpha value is -4.18. The van der Waals surface area contributed by atoms with Gasteiger partial charge in [0, 0.05) is 48.9 Å². The number of aromatic nitrogens is 5. The summed E-state index contributed by atoms with van der Waals surface area (Å²) in [5.74, 6) is 0.219. The van der Waals surface area contributed by atoms with Crippen LogP contribution < -0.4 is 15.5 Å². The summed E-state index contributed by atoms with van der Waals surface area (Å²) in [6.45, 7) is 13.7. The minimum atomic E-state index is -0.645. The quantitative estimate of drug-likeness (QED) is 0.265. The third kappa shape index (κ3) is 5.31. The van der Waals surface area contributed by atoms with Crippen LogP contribution in [0.5, 0.6) is 0 Å². The van der Waals surface area contributed by atoms with Crippen LogP contribution in [0.3, 0.4) is 0 Å². The van der Waals surface area contributed by atoms with Crippen LogP contribution in [0.1, 0.15) is 39.6 Å². The molecule has 6 rings (SSSR count). The van der Waals surface area contributed by atoms with Gasteiger partial charge in [0.15, 0.2) is 11.6 Å². The van der Waals surface area contributed by atoms with E-state index in [2.05, 4.69) is 47.6 Å². The zero-order chi connectivity index (χ0) is 28.4. The monoisotopic (exact) mass is 544 g/mol. The van der Waals surface area contributed by atoms with Crippen LogP contribution in [0.4, 0.5) is 26.2 Å². The average Bonchev–Trinajstić information content (AvgIpc) is 3.32. The molecule has 0 aliphatic carbocycles. The number of imidazole rings is 1. The summed E-state index contributed by atoms with van der Waals surface area (Å²) in [6, 6.07) is 13.1. The first-order valence-corrected chi connectivity index (χ1v) is 13.7. The zero-order valence-electron chi connectivity index (χ0n) is 23.5. The lowest BCUT2D eigenvalue weighted by Crippen LogP contribution is -2.43. The normalized spacial score (nSPS) is 13.6. The van der Waals surface area contributed by atoms with Gasteiger partial charge in [-0.3, -0.25) is 0 Å². The van der Waals surface area contributed by atoms with Crippen LogP contribution in [0.25, 0.3) is 33.2 Å². The van der Waals surface area contributed by atoms with Crippen molar-refractivity contribution in [3.05, 3.63) is 66.1 Å². The van der Waals surface area contributed by atoms with Gasteiger partial charge < -0.3 is 20.1 Å². The molecule has 3 aromatic heterocycles. The smallest absolute Gasteiger partial charge is 0.229 e. The van der Waals surface area contributed by atoms with Gasteiger partial charge in [-0.05, 0) is 63.2 Å². The highest BCUT2D eigenvalue weighted by atomic mass is 19.1. The minimum absolute atomic E-state index is 0.00101. The average molecular weight is 545 g/mol. The van der Waals surface area contributed by atoms with E-state index in [1.807, 2.05) is 57.4 Å². The molecule has 1 aliphatic rings. The number of nitrogens with one attached hydrogen (secondary N) is 2. The molecule has 8 nitrogen and oxygen atoms in total. The fraction of sp³-hybridized carbons (Fsp3) is 0.333. The summed E-state index contributed by atoms with van der Waals surface area (Å²) in [5, 5.41) is 7.46. The number of nitrogens with zero attached hydrogens (tertiary/aromatic N) is 6. The van der Waals surface area contributed by atoms with Crippen LogP contribution in [0.2, 0.25) is 0 Å². The number of aryl methyl sites for hydroxylation is 1. The molecule has 4 heterocycles. The van der Waals surface area contributed by atoms with E-state index in [1.54, 1.807) is 6.07 Å². The van der Waals surface area contributed by atoms with Crippen molar-refractivity contribution in [2.75, 3.05) is 36.4 Å². The number of anilines is 3. The number of fused-ring (bicyclic) bond motifs is 2. The van der Waals surface area contributed by atoms with E-state index in [0.29, 0.717) is 22.7 Å². The van der Waals surface area contributed by atoms with Crippen molar-refractivity contribution >= 4 is 39.4 Å². The molecule has 0 bridgehead atoms. The second kappa shape index (κ2) is 11.5. The Bertz CT molecular complexity index is 1660. The molecule has 5 aromatic rings. The van der Waals surface area contributed by atoms with E-state index < -0.39 is 11.6 Å². The molecule has 0 spiro atoms. The molecule has 40 heavy (non-hydrogen) atoms. The predicted octanol–water partition coefficient (Wildman–Crippen LogP) is 6.39. The first-order valence-electron chi connectivity index (χ1n) is 13.7. The maximum atomic E-state index is 15.0. The lowest BCUT2D eigenvalue weighted by molar-refractivity contribution is 0.589. The van der Waals surface area contributed by atoms with Gasteiger partial charge >= 0.3 is 0 Å². The third-order valence-corrected chi connectivity index (χ3v) is 6.85. The SMILES string of the molecule is CC.Cc1nc2c(F)cc(-c3nc(Nc4ccc5cc(N6CCNCC6)ccc5n4)ncc3F)cc2n1C(C)C. The maximum absolute atomic E-state index is 15.0. The Morgan fingerprint density at radius 1 is 0.925 bits per heavy atom. The maximum Gasteiger partial charge on any atom is 0.229 e. The molecule has 1 aliphatic heterocycles. The Labute approximate surface area is 232 Å². The zero-order valence-corrected chi connectivity index (χ0v) is 23.5. The van der Waals surface area contributed by atoms with E-state index in [4.69, 9.17) is 0 Å². The summed E-state index contributed by atoms with van der Waals surface area (Å²) >= 11 is 0. The highest BCUT2D eigenvalue weighted by molar-refractivity contribution is 5.85. The Kier molecular flexibility index (Phi) is 7.88. The van der Waals surface area contributed by atoms with E-state index in [1.165, 1.54) is 11.8 Å². The standard InChI is InChI=1S/C28H28F2N8.C2H6/c1-16(2)38-17(3)33-27-21(29)13-19(14-24(27)38)26-22(30)15-32-28(36-26)35-25-7-4-18-12-20(5-6-23(18)34-25)37-10-8-31-9-11-37;1-2/h4-7,12-16,31H,8-11H2,1-3H3,(H,32,34,35,36);1-2H3. The second-order valence-corrected chi connectivity index (χ2v) is 9.77. The molecule has 0 unspecified atom stereocenters. The largest absolute Gasteiger partial charge is 0.369 e. The fourth-order valence-corrected chi connectivity index (χ4v) is 5.10. The summed E-state index contributed by atoms with van der Waals surface area (Å²) in [5.41, 5.74) is 3.16. The van der Waals surface area contributed by atoms with Crippen LogP contribution in [-0.2, 0) is 0 Å². The van der Waals surface area contributed by atoms with E-state index in [0.717, 1.165) is 43.3 Å². The number of halogens is 2. The van der Waals surface area contributed by atoms with Crippen molar-refractivity contribution in [3.8, 4) is 11.3 Å². The van der Waals surface area contributed by atoms with Crippen molar-refractivity contribution in [2.24, 2.45) is 0 Å². The first kappa shape index (κ1) is 27.4. The second-order valence-electron chi connectivity index (χ2n) is 9.77. The molecule has 10 heteroatoms. The van der Waals surface area contributed by atoms with Gasteiger partial charge in [0.2, 0.25) is 5.95 Å². The molecular weight excluding hydrogens is 510 g/mol. The van der Waals surface area contributed by atoms with Crippen molar-refractivity contribution in [1.82, 2.24) is 29.8 Å². The number of hydrogen-bond acceptors (Lipinski definition) is 7. The van der Waals surface area contributed by atoms with E-state index >= 15 is 0 Å². The Morgan fingerprint density at radius 2 is 1.70 bits per heavy atom. The molecule has 0 saturated carbocycles. The third-order valence-electron chi connectivity index (χ3n) is 6.85. The molecule has 2 N–H and O–H groups in total. The van der Waals surface area contributed by atoms with E-state index in [9.17, 15) is 8.78 Å². The topological polar surface area (TPSA) is 83.8 Å². The Balaban J connectivity index is 0.00000158. The Morgan fingerprint density at radius 3 is 2.45 bits per heavy atom. The van der Waals surface area contributed by atoms with Crippen LogP contribution in [0, 0.1) is 18.6 Å². The van der Waals surface area contributed by atoms with Gasteiger partial charge in [-0.15, -0.1) is 0 Å². The minimum Gasteiger partial charge on any atom is -0.369 e. The van der Waals surface area contributed by atoms with Crippen molar-refractivity contribution in [3.63, 3.8) is 0 Å². The van der Waals surface area contributed by atoms with Crippen molar-refractivity contribution < 1.29 is 8.78 Å². The number of benzene rings is 2. The van der Waals surface area contributed by atoms with Crippen LogP contribution in [-0.4, -0.2) is 50.7 Å². The number of hydrogen-bond donors (Lipinski definition) is 2. The predicted molar refractivity (Wildman–Crippen MR) is 157 cm³/mol. The number of pyridine rings is 1. The lowest BCUT2D eigenvalue weighted by Gasteiger charge is -2.29. The molecule has 0 atom stereocenters. The molecule has 1 fully saturated rings. The molecular formula is C30H34F2N8. The number of piperazine rings is 1. The molecule has 208 valence electrons. The van der Waals surface area contributed by atoms with Gasteiger partial charge in [-0.1, -0.05) is 13.8 Å². The van der Waals surface area contributed by atoms with Gasteiger partial charge in [-0.2, -0.15) is 0 Å². The molecule has 0 amide bonds. The summed E-state index contributed by atoms with van der Waals surface area (Å²) in [6.07, 6.45) is 1.08. The molecule has 0 radical (unpaired) electrons. The van der Waals surface area contributed by atoms with Gasteiger partial charge in [0.1, 0.15) is 22.9 Å². The van der Waals surface area contributed by atoms with E-state index in [-0.39, 0.29) is 23.2 Å². The summed E-state index contributed by atoms with van der Waals surface area (Å²) in [7, 11) is 0. The number of rotatable bonds is 5. The van der Waals surface area contributed by atoms with Crippen molar-refractivity contribution in [2.45, 2.75) is 40.7 Å². The lowest BCUT2D eigenvalue weighted by atomic mass is 10.1. The summed E-state index contributed by atoms with van der Waals surface area (Å²) < 4.78 is 31.8. The van der Waals surface area contributed by atoms with Crippen LogP contribution in [0.15, 0.2) is 48.7 Å². The van der Waals surface area contributed by atoms with Gasteiger partial charge in [0.05, 0.1) is 17.2 Å². The van der Waals surface area contributed by atoms with Crippen LogP contribution >= 0.6 is 0 Å². The van der Waals surface area contributed by atoms with Crippen molar-refractivity contribution in [1.29, 1.82) is 0 Å². The highest BCUT2D eigenvalue weighted by Crippen LogP contribution is 2.31. The molecule has 2 aromatic carbocycles. The fourth-order valence-electron chi connectivity index (χ4n) is 5.10. The first-order chi connectivity index (χ1) is 19.4. The molecule has 1 saturated heterocycles.